The SMILES string of the molecule is O=C(NCc1ccccc1)c1cccc(C2CCC(O)[C@@H](CO)O2)c1. The zero-order chi connectivity index (χ0) is 17.6. The Kier molecular flexibility index (Phi) is 5.81. The van der Waals surface area contributed by atoms with Crippen LogP contribution in [0.25, 0.3) is 0 Å². The van der Waals surface area contributed by atoms with Gasteiger partial charge in [-0.25, -0.2) is 0 Å². The van der Waals surface area contributed by atoms with E-state index in [0.29, 0.717) is 24.9 Å². The van der Waals surface area contributed by atoms with E-state index in [9.17, 15) is 15.0 Å². The second kappa shape index (κ2) is 8.25. The second-order valence-corrected chi connectivity index (χ2v) is 6.28. The van der Waals surface area contributed by atoms with Gasteiger partial charge in [-0.05, 0) is 36.1 Å². The summed E-state index contributed by atoms with van der Waals surface area (Å²) in [7, 11) is 0. The molecule has 1 aliphatic heterocycles. The van der Waals surface area contributed by atoms with Crippen molar-refractivity contribution in [2.45, 2.75) is 37.7 Å². The monoisotopic (exact) mass is 341 g/mol. The molecule has 5 heteroatoms. The Morgan fingerprint density at radius 3 is 2.68 bits per heavy atom. The minimum Gasteiger partial charge on any atom is -0.394 e. The second-order valence-electron chi connectivity index (χ2n) is 6.28. The fourth-order valence-electron chi connectivity index (χ4n) is 3.05. The molecule has 3 rings (SSSR count). The van der Waals surface area contributed by atoms with Gasteiger partial charge < -0.3 is 20.3 Å². The molecular formula is C20H23NO4. The topological polar surface area (TPSA) is 78.8 Å². The zero-order valence-corrected chi connectivity index (χ0v) is 14.0. The van der Waals surface area contributed by atoms with Crippen molar-refractivity contribution in [3.05, 3.63) is 71.3 Å². The van der Waals surface area contributed by atoms with Crippen LogP contribution in [0.2, 0.25) is 0 Å². The largest absolute Gasteiger partial charge is 0.394 e. The number of carbonyl (C=O) groups is 1. The maximum absolute atomic E-state index is 12.4. The van der Waals surface area contributed by atoms with Gasteiger partial charge in [0.1, 0.15) is 6.10 Å². The van der Waals surface area contributed by atoms with Crippen LogP contribution in [0, 0.1) is 0 Å². The highest BCUT2D eigenvalue weighted by Gasteiger charge is 2.30. The van der Waals surface area contributed by atoms with E-state index in [1.807, 2.05) is 48.5 Å². The molecule has 0 aromatic heterocycles. The predicted molar refractivity (Wildman–Crippen MR) is 94.0 cm³/mol. The maximum atomic E-state index is 12.4. The number of rotatable bonds is 5. The van der Waals surface area contributed by atoms with Gasteiger partial charge in [-0.3, -0.25) is 4.79 Å². The number of ether oxygens (including phenoxy) is 1. The number of hydrogen-bond acceptors (Lipinski definition) is 4. The summed E-state index contributed by atoms with van der Waals surface area (Å²) in [5, 5.41) is 22.0. The van der Waals surface area contributed by atoms with Crippen molar-refractivity contribution in [2.75, 3.05) is 6.61 Å². The number of aliphatic hydroxyl groups is 2. The molecule has 1 fully saturated rings. The molecule has 1 aliphatic rings. The Hall–Kier alpha value is -2.21. The van der Waals surface area contributed by atoms with E-state index in [2.05, 4.69) is 5.32 Å². The molecule has 3 atom stereocenters. The van der Waals surface area contributed by atoms with E-state index < -0.39 is 12.2 Å². The number of hydrogen-bond donors (Lipinski definition) is 3. The van der Waals surface area contributed by atoms with Crippen molar-refractivity contribution >= 4 is 5.91 Å². The predicted octanol–water partition coefficient (Wildman–Crippen LogP) is 2.19. The lowest BCUT2D eigenvalue weighted by molar-refractivity contribution is -0.135. The molecule has 132 valence electrons. The lowest BCUT2D eigenvalue weighted by Crippen LogP contribution is -2.38. The van der Waals surface area contributed by atoms with Gasteiger partial charge in [-0.1, -0.05) is 42.5 Å². The molecule has 1 amide bonds. The van der Waals surface area contributed by atoms with E-state index in [0.717, 1.165) is 11.1 Å². The van der Waals surface area contributed by atoms with Crippen LogP contribution in [0.3, 0.4) is 0 Å². The highest BCUT2D eigenvalue weighted by atomic mass is 16.5. The van der Waals surface area contributed by atoms with Crippen molar-refractivity contribution < 1.29 is 19.7 Å². The van der Waals surface area contributed by atoms with Crippen molar-refractivity contribution in [1.82, 2.24) is 5.32 Å². The molecule has 0 saturated carbocycles. The number of aliphatic hydroxyl groups excluding tert-OH is 2. The Morgan fingerprint density at radius 1 is 1.12 bits per heavy atom. The quantitative estimate of drug-likeness (QED) is 0.779. The third kappa shape index (κ3) is 4.45. The Balaban J connectivity index is 1.65. The first-order valence-corrected chi connectivity index (χ1v) is 8.54. The fourth-order valence-corrected chi connectivity index (χ4v) is 3.05. The van der Waals surface area contributed by atoms with Crippen LogP contribution >= 0.6 is 0 Å². The number of nitrogens with one attached hydrogen (secondary N) is 1. The smallest absolute Gasteiger partial charge is 0.251 e. The van der Waals surface area contributed by atoms with E-state index >= 15 is 0 Å². The molecule has 5 nitrogen and oxygen atoms in total. The van der Waals surface area contributed by atoms with E-state index in [1.54, 1.807) is 6.07 Å². The molecule has 25 heavy (non-hydrogen) atoms. The first-order valence-electron chi connectivity index (χ1n) is 8.54. The number of carbonyl (C=O) groups excluding carboxylic acids is 1. The average molecular weight is 341 g/mol. The van der Waals surface area contributed by atoms with Gasteiger partial charge in [0.15, 0.2) is 0 Å². The van der Waals surface area contributed by atoms with Crippen molar-refractivity contribution in [2.24, 2.45) is 0 Å². The van der Waals surface area contributed by atoms with Gasteiger partial charge in [-0.15, -0.1) is 0 Å². The molecule has 1 saturated heterocycles. The number of amides is 1. The van der Waals surface area contributed by atoms with Crippen molar-refractivity contribution in [1.29, 1.82) is 0 Å². The summed E-state index contributed by atoms with van der Waals surface area (Å²) in [6.07, 6.45) is -0.206. The third-order valence-corrected chi connectivity index (χ3v) is 4.49. The highest BCUT2D eigenvalue weighted by molar-refractivity contribution is 5.94. The normalized spacial score (nSPS) is 23.2. The summed E-state index contributed by atoms with van der Waals surface area (Å²) in [6, 6.07) is 17.1. The van der Waals surface area contributed by atoms with Crippen LogP contribution in [0.15, 0.2) is 54.6 Å². The molecule has 2 aromatic carbocycles. The lowest BCUT2D eigenvalue weighted by atomic mass is 9.95. The molecule has 1 heterocycles. The highest BCUT2D eigenvalue weighted by Crippen LogP contribution is 2.31. The van der Waals surface area contributed by atoms with Crippen LogP contribution < -0.4 is 5.32 Å². The number of benzene rings is 2. The zero-order valence-electron chi connectivity index (χ0n) is 14.0. The maximum Gasteiger partial charge on any atom is 0.251 e. The summed E-state index contributed by atoms with van der Waals surface area (Å²) < 4.78 is 5.77. The van der Waals surface area contributed by atoms with Gasteiger partial charge >= 0.3 is 0 Å². The molecule has 0 radical (unpaired) electrons. The molecule has 3 N–H and O–H groups in total. The minimum absolute atomic E-state index is 0.139. The van der Waals surface area contributed by atoms with E-state index in [4.69, 9.17) is 4.74 Å². The molecule has 0 bridgehead atoms. The van der Waals surface area contributed by atoms with Crippen LogP contribution in [0.5, 0.6) is 0 Å². The molecular weight excluding hydrogens is 318 g/mol. The Bertz CT molecular complexity index is 704. The molecule has 2 aromatic rings. The van der Waals surface area contributed by atoms with E-state index in [-0.39, 0.29) is 18.6 Å². The molecule has 0 spiro atoms. The first-order chi connectivity index (χ1) is 12.2. The third-order valence-electron chi connectivity index (χ3n) is 4.49. The minimum atomic E-state index is -0.640. The van der Waals surface area contributed by atoms with Gasteiger partial charge in [0.25, 0.3) is 5.91 Å². The van der Waals surface area contributed by atoms with Crippen LogP contribution in [-0.4, -0.2) is 34.9 Å². The van der Waals surface area contributed by atoms with Gasteiger partial charge in [0.05, 0.1) is 18.8 Å². The van der Waals surface area contributed by atoms with Gasteiger partial charge in [-0.2, -0.15) is 0 Å². The van der Waals surface area contributed by atoms with Crippen molar-refractivity contribution in [3.63, 3.8) is 0 Å². The Labute approximate surface area is 147 Å². The Morgan fingerprint density at radius 2 is 1.92 bits per heavy atom. The standard InChI is InChI=1S/C20H23NO4/c22-13-19-17(23)9-10-18(25-19)15-7-4-8-16(11-15)20(24)21-12-14-5-2-1-3-6-14/h1-8,11,17-19,22-23H,9-10,12-13H2,(H,21,24)/t17?,18?,19-/m1/s1. The first kappa shape index (κ1) is 17.6. The average Bonchev–Trinajstić information content (AvgIpc) is 2.67. The summed E-state index contributed by atoms with van der Waals surface area (Å²) in [4.78, 5) is 12.4. The fraction of sp³-hybridized carbons (Fsp3) is 0.350. The van der Waals surface area contributed by atoms with Crippen molar-refractivity contribution in [3.8, 4) is 0 Å². The molecule has 0 aliphatic carbocycles. The summed E-state index contributed by atoms with van der Waals surface area (Å²) in [5.74, 6) is -0.139. The summed E-state index contributed by atoms with van der Waals surface area (Å²) in [5.41, 5.74) is 2.50. The van der Waals surface area contributed by atoms with Crippen LogP contribution in [-0.2, 0) is 11.3 Å². The van der Waals surface area contributed by atoms with Crippen LogP contribution in [0.4, 0.5) is 0 Å². The van der Waals surface area contributed by atoms with Crippen LogP contribution in [0.1, 0.15) is 40.4 Å². The van der Waals surface area contributed by atoms with Gasteiger partial charge in [0.2, 0.25) is 0 Å². The summed E-state index contributed by atoms with van der Waals surface area (Å²) in [6.45, 7) is 0.261. The van der Waals surface area contributed by atoms with Gasteiger partial charge in [0, 0.05) is 12.1 Å². The lowest BCUT2D eigenvalue weighted by Gasteiger charge is -2.33. The van der Waals surface area contributed by atoms with E-state index in [1.165, 1.54) is 0 Å². The summed E-state index contributed by atoms with van der Waals surface area (Å²) >= 11 is 0. The molecule has 2 unspecified atom stereocenters.